The summed E-state index contributed by atoms with van der Waals surface area (Å²) in [7, 11) is 2.19. The summed E-state index contributed by atoms with van der Waals surface area (Å²) in [6.07, 6.45) is 10.4. The lowest BCUT2D eigenvalue weighted by molar-refractivity contribution is -0.114. The van der Waals surface area contributed by atoms with Crippen molar-refractivity contribution in [3.63, 3.8) is 0 Å². The summed E-state index contributed by atoms with van der Waals surface area (Å²) in [5.74, 6) is 2.78. The largest absolute Gasteiger partial charge is 0.398 e. The van der Waals surface area contributed by atoms with Crippen molar-refractivity contribution in [3.8, 4) is 12.3 Å². The number of hydrogen-bond donors (Lipinski definition) is 2. The van der Waals surface area contributed by atoms with Gasteiger partial charge in [-0.2, -0.15) is 0 Å². The Morgan fingerprint density at radius 1 is 1.39 bits per heavy atom. The number of anilines is 1. The number of ketones is 1. The number of nitrogen functional groups attached to an aromatic ring is 1. The first-order chi connectivity index (χ1) is 11.0. The molecule has 1 aromatic rings. The van der Waals surface area contributed by atoms with Gasteiger partial charge >= 0.3 is 0 Å². The number of carbonyl (C=O) groups excluding carboxylic acids is 1. The highest BCUT2D eigenvalue weighted by Crippen LogP contribution is 2.38. The molecule has 120 valence electrons. The molecule has 0 spiro atoms. The highest BCUT2D eigenvalue weighted by molar-refractivity contribution is 6.46. The standard InChI is InChI=1S/C19H23N3O/c1-3-12-4-7-17(20)16(10-12)19(21)18(23)11-13-8-14-5-6-15(9-13)22(14)2/h1,4,7,10,13-15,21H,5-6,8-9,11,20H2,2H3. The van der Waals surface area contributed by atoms with Crippen LogP contribution in [-0.2, 0) is 4.79 Å². The maximum atomic E-state index is 12.5. The van der Waals surface area contributed by atoms with Crippen LogP contribution in [0.25, 0.3) is 0 Å². The predicted molar refractivity (Wildman–Crippen MR) is 92.5 cm³/mol. The van der Waals surface area contributed by atoms with Gasteiger partial charge in [-0.3, -0.25) is 10.2 Å². The van der Waals surface area contributed by atoms with Crippen LogP contribution in [0.1, 0.15) is 43.2 Å². The zero-order valence-corrected chi connectivity index (χ0v) is 13.5. The van der Waals surface area contributed by atoms with Gasteiger partial charge in [0.15, 0.2) is 5.78 Å². The van der Waals surface area contributed by atoms with Crippen LogP contribution in [0.15, 0.2) is 18.2 Å². The Morgan fingerprint density at radius 2 is 2.04 bits per heavy atom. The average molecular weight is 309 g/mol. The number of fused-ring (bicyclic) bond motifs is 2. The minimum absolute atomic E-state index is 0.00845. The van der Waals surface area contributed by atoms with E-state index < -0.39 is 0 Å². The second-order valence-corrected chi connectivity index (χ2v) is 6.84. The van der Waals surface area contributed by atoms with Gasteiger partial charge in [-0.05, 0) is 56.8 Å². The molecule has 0 radical (unpaired) electrons. The van der Waals surface area contributed by atoms with Gasteiger partial charge in [0.25, 0.3) is 0 Å². The molecule has 2 heterocycles. The van der Waals surface area contributed by atoms with Crippen molar-refractivity contribution in [2.45, 2.75) is 44.2 Å². The van der Waals surface area contributed by atoms with Crippen LogP contribution in [0.5, 0.6) is 0 Å². The molecule has 23 heavy (non-hydrogen) atoms. The first kappa shape index (κ1) is 15.8. The van der Waals surface area contributed by atoms with Gasteiger partial charge < -0.3 is 10.6 Å². The molecule has 4 heteroatoms. The number of nitrogens with one attached hydrogen (secondary N) is 1. The van der Waals surface area contributed by atoms with Gasteiger partial charge in [-0.15, -0.1) is 6.42 Å². The van der Waals surface area contributed by atoms with E-state index in [1.807, 2.05) is 0 Å². The van der Waals surface area contributed by atoms with E-state index in [1.54, 1.807) is 18.2 Å². The Morgan fingerprint density at radius 3 is 2.65 bits per heavy atom. The number of hydrogen-bond acceptors (Lipinski definition) is 4. The molecule has 2 saturated heterocycles. The van der Waals surface area contributed by atoms with Gasteiger partial charge in [-0.25, -0.2) is 0 Å². The smallest absolute Gasteiger partial charge is 0.181 e. The second-order valence-electron chi connectivity index (χ2n) is 6.84. The first-order valence-corrected chi connectivity index (χ1v) is 8.19. The van der Waals surface area contributed by atoms with E-state index >= 15 is 0 Å². The third-order valence-electron chi connectivity index (χ3n) is 5.44. The Kier molecular flexibility index (Phi) is 4.23. The lowest BCUT2D eigenvalue weighted by Crippen LogP contribution is -2.40. The monoisotopic (exact) mass is 309 g/mol. The molecular formula is C19H23N3O. The van der Waals surface area contributed by atoms with Crippen LogP contribution in [0.2, 0.25) is 0 Å². The summed E-state index contributed by atoms with van der Waals surface area (Å²) < 4.78 is 0. The molecule has 2 aliphatic rings. The minimum atomic E-state index is -0.125. The van der Waals surface area contributed by atoms with E-state index in [0.717, 1.165) is 12.8 Å². The molecule has 3 N–H and O–H groups in total. The molecule has 3 rings (SSSR count). The van der Waals surface area contributed by atoms with E-state index in [9.17, 15) is 4.79 Å². The summed E-state index contributed by atoms with van der Waals surface area (Å²) in [6, 6.07) is 6.27. The van der Waals surface area contributed by atoms with Crippen molar-refractivity contribution in [3.05, 3.63) is 29.3 Å². The van der Waals surface area contributed by atoms with Gasteiger partial charge in [0.1, 0.15) is 5.71 Å². The summed E-state index contributed by atoms with van der Waals surface area (Å²) >= 11 is 0. The van der Waals surface area contributed by atoms with Gasteiger partial charge in [0.2, 0.25) is 0 Å². The highest BCUT2D eigenvalue weighted by atomic mass is 16.1. The number of benzene rings is 1. The van der Waals surface area contributed by atoms with Crippen LogP contribution >= 0.6 is 0 Å². The number of nitrogens with zero attached hydrogens (tertiary/aromatic N) is 1. The number of piperidine rings is 1. The molecule has 0 aromatic heterocycles. The molecule has 2 atom stereocenters. The van der Waals surface area contributed by atoms with E-state index in [4.69, 9.17) is 17.6 Å². The third kappa shape index (κ3) is 3.02. The third-order valence-corrected chi connectivity index (χ3v) is 5.44. The highest BCUT2D eigenvalue weighted by Gasteiger charge is 2.39. The SMILES string of the molecule is C#Cc1ccc(N)c(C(=N)C(=O)CC2CC3CCC(C2)N3C)c1. The van der Waals surface area contributed by atoms with E-state index in [2.05, 4.69) is 17.9 Å². The fourth-order valence-corrected chi connectivity index (χ4v) is 4.07. The number of terminal acetylenes is 1. The van der Waals surface area contributed by atoms with E-state index in [0.29, 0.717) is 41.2 Å². The van der Waals surface area contributed by atoms with Crippen LogP contribution in [0.3, 0.4) is 0 Å². The van der Waals surface area contributed by atoms with Crippen molar-refractivity contribution in [2.24, 2.45) is 5.92 Å². The van der Waals surface area contributed by atoms with Gasteiger partial charge in [0, 0.05) is 35.3 Å². The van der Waals surface area contributed by atoms with Crippen molar-refractivity contribution < 1.29 is 4.79 Å². The topological polar surface area (TPSA) is 70.2 Å². The molecule has 1 aromatic carbocycles. The predicted octanol–water partition coefficient (Wildman–Crippen LogP) is 2.45. The van der Waals surface area contributed by atoms with Crippen LogP contribution < -0.4 is 5.73 Å². The normalized spacial score (nSPS) is 26.7. The zero-order chi connectivity index (χ0) is 16.6. The van der Waals surface area contributed by atoms with Crippen molar-refractivity contribution >= 4 is 17.2 Å². The van der Waals surface area contributed by atoms with Crippen LogP contribution in [-0.4, -0.2) is 35.5 Å². The molecule has 0 aliphatic carbocycles. The average Bonchev–Trinajstić information content (AvgIpc) is 2.76. The summed E-state index contributed by atoms with van der Waals surface area (Å²) in [5.41, 5.74) is 7.45. The molecule has 0 amide bonds. The zero-order valence-electron chi connectivity index (χ0n) is 13.5. The molecule has 2 aliphatic heterocycles. The Balaban J connectivity index is 1.69. The Labute approximate surface area is 137 Å². The summed E-state index contributed by atoms with van der Waals surface area (Å²) in [5, 5.41) is 8.21. The molecule has 2 fully saturated rings. The maximum absolute atomic E-state index is 12.5. The number of rotatable bonds is 4. The molecular weight excluding hydrogens is 286 g/mol. The van der Waals surface area contributed by atoms with Crippen molar-refractivity contribution in [1.29, 1.82) is 5.41 Å². The number of Topliss-reactive ketones (excluding diaryl/α,β-unsaturated/α-hetero) is 1. The summed E-state index contributed by atoms with van der Waals surface area (Å²) in [4.78, 5) is 15.0. The molecule has 0 saturated carbocycles. The van der Waals surface area contributed by atoms with E-state index in [1.165, 1.54) is 12.8 Å². The lowest BCUT2D eigenvalue weighted by atomic mass is 9.85. The van der Waals surface area contributed by atoms with E-state index in [-0.39, 0.29) is 11.5 Å². The molecule has 2 bridgehead atoms. The van der Waals surface area contributed by atoms with Crippen molar-refractivity contribution in [2.75, 3.05) is 12.8 Å². The fraction of sp³-hybridized carbons (Fsp3) is 0.474. The number of nitrogens with two attached hydrogens (primary N) is 1. The fourth-order valence-electron chi connectivity index (χ4n) is 4.07. The van der Waals surface area contributed by atoms with Gasteiger partial charge in [0.05, 0.1) is 0 Å². The Hall–Kier alpha value is -2.12. The van der Waals surface area contributed by atoms with Crippen LogP contribution in [0.4, 0.5) is 5.69 Å². The minimum Gasteiger partial charge on any atom is -0.398 e. The quantitative estimate of drug-likeness (QED) is 0.510. The maximum Gasteiger partial charge on any atom is 0.181 e. The number of carbonyl (C=O) groups is 1. The molecule has 2 unspecified atom stereocenters. The first-order valence-electron chi connectivity index (χ1n) is 8.19. The Bertz CT molecular complexity index is 674. The lowest BCUT2D eigenvalue weighted by Gasteiger charge is -2.36. The van der Waals surface area contributed by atoms with Crippen molar-refractivity contribution in [1.82, 2.24) is 4.90 Å². The molecule has 4 nitrogen and oxygen atoms in total. The summed E-state index contributed by atoms with van der Waals surface area (Å²) in [6.45, 7) is 0. The van der Waals surface area contributed by atoms with Crippen LogP contribution in [0, 0.1) is 23.7 Å². The second kappa shape index (κ2) is 6.17. The van der Waals surface area contributed by atoms with Gasteiger partial charge in [-0.1, -0.05) is 5.92 Å².